The Hall–Kier alpha value is -2.52. The van der Waals surface area contributed by atoms with Gasteiger partial charge in [-0.3, -0.25) is 0 Å². The van der Waals surface area contributed by atoms with Gasteiger partial charge in [-0.25, -0.2) is 13.1 Å². The van der Waals surface area contributed by atoms with Crippen molar-refractivity contribution in [2.45, 2.75) is 50.1 Å². The van der Waals surface area contributed by atoms with Crippen LogP contribution in [0.2, 0.25) is 0 Å². The van der Waals surface area contributed by atoms with Crippen LogP contribution in [0, 0.1) is 6.92 Å². The number of tetrazole rings is 1. The Morgan fingerprint density at radius 3 is 2.70 bits per heavy atom. The summed E-state index contributed by atoms with van der Waals surface area (Å²) in [5.41, 5.74) is 1.53. The van der Waals surface area contributed by atoms with Crippen molar-refractivity contribution in [1.29, 1.82) is 0 Å². The molecule has 0 unspecified atom stereocenters. The molecule has 0 N–H and O–H groups in total. The summed E-state index contributed by atoms with van der Waals surface area (Å²) in [5, 5.41) is 11.1. The Morgan fingerprint density at radius 1 is 1.26 bits per heavy atom. The minimum atomic E-state index is -3.66. The molecule has 0 aliphatic heterocycles. The Labute approximate surface area is 157 Å². The number of sulfonamides is 1. The first-order valence-electron chi connectivity index (χ1n) is 8.94. The molecule has 9 heteroatoms. The number of aromatic nitrogens is 4. The Morgan fingerprint density at radius 2 is 2.07 bits per heavy atom. The number of benzene rings is 1. The topological polar surface area (TPSA) is 94.1 Å². The van der Waals surface area contributed by atoms with Crippen LogP contribution in [0.1, 0.15) is 37.0 Å². The average molecular weight is 387 g/mol. The molecule has 1 aliphatic rings. The van der Waals surface area contributed by atoms with Gasteiger partial charge in [0.2, 0.25) is 10.0 Å². The zero-order chi connectivity index (χ0) is 18.9. The van der Waals surface area contributed by atoms with Gasteiger partial charge in [0.05, 0.1) is 23.4 Å². The van der Waals surface area contributed by atoms with Gasteiger partial charge in [0, 0.05) is 6.04 Å². The molecule has 0 saturated heterocycles. The first-order valence-corrected chi connectivity index (χ1v) is 10.4. The van der Waals surface area contributed by atoms with E-state index < -0.39 is 10.0 Å². The highest BCUT2D eigenvalue weighted by molar-refractivity contribution is 7.89. The first-order chi connectivity index (χ1) is 13.1. The van der Waals surface area contributed by atoms with Gasteiger partial charge in [0.1, 0.15) is 12.1 Å². The lowest BCUT2D eigenvalue weighted by molar-refractivity contribution is 0.292. The summed E-state index contributed by atoms with van der Waals surface area (Å²) >= 11 is 0. The van der Waals surface area contributed by atoms with Gasteiger partial charge in [-0.2, -0.15) is 4.31 Å². The molecular weight excluding hydrogens is 366 g/mol. The number of hydrogen-bond acceptors (Lipinski definition) is 6. The molecule has 8 nitrogen and oxygen atoms in total. The summed E-state index contributed by atoms with van der Waals surface area (Å²) in [6, 6.07) is 8.61. The standard InChI is InChI=1S/C18H21N5O3S/c1-14-11-17(8-9-18(14)22-13-19-20-21-22)27(24,25)23(15-5-2-3-6-15)12-16-7-4-10-26-16/h4,7-11,13,15H,2-3,5-6,12H2,1H3. The van der Waals surface area contributed by atoms with Crippen molar-refractivity contribution < 1.29 is 12.8 Å². The molecule has 1 aliphatic carbocycles. The van der Waals surface area contributed by atoms with E-state index in [0.717, 1.165) is 36.9 Å². The van der Waals surface area contributed by atoms with Gasteiger partial charge in [-0.05, 0) is 66.1 Å². The molecule has 3 aromatic rings. The molecule has 1 aromatic carbocycles. The van der Waals surface area contributed by atoms with E-state index in [0.29, 0.717) is 5.76 Å². The maximum atomic E-state index is 13.4. The number of nitrogens with zero attached hydrogens (tertiary/aromatic N) is 5. The van der Waals surface area contributed by atoms with E-state index in [1.54, 1.807) is 34.8 Å². The van der Waals surface area contributed by atoms with E-state index in [1.807, 2.05) is 13.0 Å². The predicted molar refractivity (Wildman–Crippen MR) is 97.6 cm³/mol. The van der Waals surface area contributed by atoms with Crippen LogP contribution in [0.5, 0.6) is 0 Å². The lowest BCUT2D eigenvalue weighted by Crippen LogP contribution is -2.38. The van der Waals surface area contributed by atoms with E-state index in [1.165, 1.54) is 11.0 Å². The van der Waals surface area contributed by atoms with Crippen molar-refractivity contribution in [3.8, 4) is 5.69 Å². The molecule has 0 atom stereocenters. The van der Waals surface area contributed by atoms with Crippen LogP contribution in [0.15, 0.2) is 52.2 Å². The summed E-state index contributed by atoms with van der Waals surface area (Å²) in [6.45, 7) is 2.09. The highest BCUT2D eigenvalue weighted by Crippen LogP contribution is 2.31. The monoisotopic (exact) mass is 387 g/mol. The molecule has 2 aromatic heterocycles. The number of furan rings is 1. The lowest BCUT2D eigenvalue weighted by Gasteiger charge is -2.27. The molecule has 27 heavy (non-hydrogen) atoms. The fourth-order valence-electron chi connectivity index (χ4n) is 3.61. The van der Waals surface area contributed by atoms with Crippen molar-refractivity contribution in [2.24, 2.45) is 0 Å². The summed E-state index contributed by atoms with van der Waals surface area (Å²) in [4.78, 5) is 0.273. The van der Waals surface area contributed by atoms with E-state index in [9.17, 15) is 8.42 Å². The minimum absolute atomic E-state index is 0.000372. The summed E-state index contributed by atoms with van der Waals surface area (Å²) in [5.74, 6) is 0.646. The van der Waals surface area contributed by atoms with Gasteiger partial charge in [0.25, 0.3) is 0 Å². The first kappa shape index (κ1) is 17.9. The van der Waals surface area contributed by atoms with Crippen molar-refractivity contribution in [3.63, 3.8) is 0 Å². The molecule has 0 radical (unpaired) electrons. The van der Waals surface area contributed by atoms with Crippen LogP contribution in [0.3, 0.4) is 0 Å². The second-order valence-electron chi connectivity index (χ2n) is 6.77. The van der Waals surface area contributed by atoms with Crippen LogP contribution in [-0.2, 0) is 16.6 Å². The molecule has 142 valence electrons. The third kappa shape index (κ3) is 3.52. The van der Waals surface area contributed by atoms with E-state index in [2.05, 4.69) is 15.5 Å². The Balaban J connectivity index is 1.69. The summed E-state index contributed by atoms with van der Waals surface area (Å²) in [7, 11) is -3.66. The fraction of sp³-hybridized carbons (Fsp3) is 0.389. The van der Waals surface area contributed by atoms with E-state index in [-0.39, 0.29) is 17.5 Å². The van der Waals surface area contributed by atoms with Crippen LogP contribution >= 0.6 is 0 Å². The van der Waals surface area contributed by atoms with Gasteiger partial charge >= 0.3 is 0 Å². The number of rotatable bonds is 6. The zero-order valence-corrected chi connectivity index (χ0v) is 15.8. The molecule has 2 heterocycles. The molecule has 4 rings (SSSR count). The molecule has 1 saturated carbocycles. The summed E-state index contributed by atoms with van der Waals surface area (Å²) in [6.07, 6.45) is 6.90. The van der Waals surface area contributed by atoms with Crippen molar-refractivity contribution >= 4 is 10.0 Å². The molecule has 0 spiro atoms. The highest BCUT2D eigenvalue weighted by atomic mass is 32.2. The summed E-state index contributed by atoms with van der Waals surface area (Å²) < 4.78 is 35.4. The van der Waals surface area contributed by atoms with Crippen LogP contribution in [-0.4, -0.2) is 39.0 Å². The zero-order valence-electron chi connectivity index (χ0n) is 15.0. The maximum absolute atomic E-state index is 13.4. The van der Waals surface area contributed by atoms with E-state index in [4.69, 9.17) is 4.42 Å². The predicted octanol–water partition coefficient (Wildman–Crippen LogP) is 2.70. The van der Waals surface area contributed by atoms with Gasteiger partial charge in [-0.15, -0.1) is 5.10 Å². The lowest BCUT2D eigenvalue weighted by atomic mass is 10.2. The SMILES string of the molecule is Cc1cc(S(=O)(=O)N(Cc2ccco2)C2CCCC2)ccc1-n1cnnn1. The van der Waals surface area contributed by atoms with Crippen LogP contribution < -0.4 is 0 Å². The Bertz CT molecular complexity index is 994. The van der Waals surface area contributed by atoms with Crippen molar-refractivity contribution in [3.05, 3.63) is 54.2 Å². The number of aryl methyl sites for hydroxylation is 1. The third-order valence-electron chi connectivity index (χ3n) is 4.99. The fourth-order valence-corrected chi connectivity index (χ4v) is 5.35. The van der Waals surface area contributed by atoms with Crippen molar-refractivity contribution in [1.82, 2.24) is 24.5 Å². The largest absolute Gasteiger partial charge is 0.468 e. The average Bonchev–Trinajstić information content (AvgIpc) is 3.42. The van der Waals surface area contributed by atoms with E-state index >= 15 is 0 Å². The molecule has 0 bridgehead atoms. The Kier molecular flexibility index (Phi) is 4.79. The van der Waals surface area contributed by atoms with Crippen LogP contribution in [0.25, 0.3) is 5.69 Å². The second-order valence-corrected chi connectivity index (χ2v) is 8.66. The molecule has 0 amide bonds. The van der Waals surface area contributed by atoms with Crippen molar-refractivity contribution in [2.75, 3.05) is 0 Å². The molecule has 1 fully saturated rings. The second kappa shape index (κ2) is 7.24. The highest BCUT2D eigenvalue weighted by Gasteiger charge is 2.34. The quantitative estimate of drug-likeness (QED) is 0.645. The molecular formula is C18H21N5O3S. The normalized spacial score (nSPS) is 15.6. The third-order valence-corrected chi connectivity index (χ3v) is 6.89. The van der Waals surface area contributed by atoms with Gasteiger partial charge in [-0.1, -0.05) is 12.8 Å². The minimum Gasteiger partial charge on any atom is -0.468 e. The van der Waals surface area contributed by atoms with Crippen LogP contribution in [0.4, 0.5) is 0 Å². The smallest absolute Gasteiger partial charge is 0.243 e. The van der Waals surface area contributed by atoms with Gasteiger partial charge < -0.3 is 4.42 Å². The van der Waals surface area contributed by atoms with Gasteiger partial charge in [0.15, 0.2) is 0 Å². The number of hydrogen-bond donors (Lipinski definition) is 0. The maximum Gasteiger partial charge on any atom is 0.243 e.